The molecule has 6 heteroatoms. The van der Waals surface area contributed by atoms with Crippen LogP contribution >= 0.6 is 0 Å². The molecule has 1 heterocycles. The molecule has 1 aliphatic rings. The van der Waals surface area contributed by atoms with E-state index in [1.165, 1.54) is 6.92 Å². The topological polar surface area (TPSA) is 69.7 Å². The van der Waals surface area contributed by atoms with Crippen LogP contribution in [0.4, 0.5) is 0 Å². The molecule has 0 amide bonds. The number of rotatable bonds is 3. The standard InChI is InChI=1S/C8H12O5S/c1-3-12-7(10)8(6(2)9)13-4-5-14(8)11/h3-5H2,1-2H3/t8-,14?/m1/s1. The minimum absolute atomic E-state index is 0.133. The van der Waals surface area contributed by atoms with E-state index in [0.717, 1.165) is 0 Å². The lowest BCUT2D eigenvalue weighted by molar-refractivity contribution is -0.163. The molecule has 0 N–H and O–H groups in total. The van der Waals surface area contributed by atoms with Crippen LogP contribution in [-0.4, -0.2) is 39.9 Å². The maximum Gasteiger partial charge on any atom is 0.359 e. The van der Waals surface area contributed by atoms with Crippen molar-refractivity contribution in [1.82, 2.24) is 0 Å². The molecule has 1 fully saturated rings. The van der Waals surface area contributed by atoms with Crippen LogP contribution in [0.25, 0.3) is 0 Å². The van der Waals surface area contributed by atoms with Crippen molar-refractivity contribution in [3.63, 3.8) is 0 Å². The number of esters is 1. The zero-order valence-corrected chi connectivity index (χ0v) is 8.89. The SMILES string of the molecule is CCOC(=O)[C@]1(C(C)=O)OCCS1=O. The molecule has 0 aromatic carbocycles. The Morgan fingerprint density at radius 1 is 1.57 bits per heavy atom. The first-order chi connectivity index (χ1) is 6.55. The van der Waals surface area contributed by atoms with Gasteiger partial charge in [-0.05, 0) is 13.8 Å². The summed E-state index contributed by atoms with van der Waals surface area (Å²) in [5.41, 5.74) is 0. The highest BCUT2D eigenvalue weighted by Crippen LogP contribution is 2.25. The Hall–Kier alpha value is -0.750. The predicted octanol–water partition coefficient (Wildman–Crippen LogP) is -0.386. The van der Waals surface area contributed by atoms with Gasteiger partial charge in [-0.2, -0.15) is 0 Å². The number of Topliss-reactive ketones (excluding diaryl/α,β-unsaturated/α-hetero) is 1. The Labute approximate surface area is 84.2 Å². The Kier molecular flexibility index (Phi) is 3.38. The van der Waals surface area contributed by atoms with Crippen molar-refractivity contribution in [1.29, 1.82) is 0 Å². The van der Waals surface area contributed by atoms with Crippen LogP contribution in [0.15, 0.2) is 0 Å². The Morgan fingerprint density at radius 3 is 2.57 bits per heavy atom. The van der Waals surface area contributed by atoms with Gasteiger partial charge in [0.2, 0.25) is 0 Å². The normalized spacial score (nSPS) is 31.4. The van der Waals surface area contributed by atoms with Crippen molar-refractivity contribution in [3.05, 3.63) is 0 Å². The van der Waals surface area contributed by atoms with Crippen molar-refractivity contribution in [3.8, 4) is 0 Å². The summed E-state index contributed by atoms with van der Waals surface area (Å²) in [5, 5.41) is 0. The second-order valence-corrected chi connectivity index (χ2v) is 4.47. The van der Waals surface area contributed by atoms with Gasteiger partial charge in [-0.3, -0.25) is 9.00 Å². The zero-order valence-electron chi connectivity index (χ0n) is 8.07. The lowest BCUT2D eigenvalue weighted by Gasteiger charge is -2.20. The summed E-state index contributed by atoms with van der Waals surface area (Å²) in [4.78, 5) is 20.9. The third-order valence-electron chi connectivity index (χ3n) is 1.90. The first-order valence-electron chi connectivity index (χ1n) is 4.26. The molecule has 1 rings (SSSR count). The van der Waals surface area contributed by atoms with Crippen LogP contribution in [0, 0.1) is 0 Å². The average molecular weight is 220 g/mol. The quantitative estimate of drug-likeness (QED) is 0.478. The van der Waals surface area contributed by atoms with Gasteiger partial charge in [-0.15, -0.1) is 0 Å². The van der Waals surface area contributed by atoms with Gasteiger partial charge in [-0.1, -0.05) is 0 Å². The highest BCUT2D eigenvalue weighted by Gasteiger charge is 2.55. The van der Waals surface area contributed by atoms with E-state index in [0.29, 0.717) is 0 Å². The van der Waals surface area contributed by atoms with Crippen LogP contribution in [0.5, 0.6) is 0 Å². The summed E-state index contributed by atoms with van der Waals surface area (Å²) in [6.07, 6.45) is 0. The molecule has 0 bridgehead atoms. The Balaban J connectivity index is 2.99. The molecule has 5 nitrogen and oxygen atoms in total. The van der Waals surface area contributed by atoms with Crippen molar-refractivity contribution < 1.29 is 23.3 Å². The van der Waals surface area contributed by atoms with Gasteiger partial charge in [0.15, 0.2) is 5.78 Å². The van der Waals surface area contributed by atoms with Crippen LogP contribution in [0.3, 0.4) is 0 Å². The van der Waals surface area contributed by atoms with E-state index in [-0.39, 0.29) is 19.0 Å². The second kappa shape index (κ2) is 4.18. The van der Waals surface area contributed by atoms with Crippen LogP contribution in [0.1, 0.15) is 13.8 Å². The molecule has 0 saturated carbocycles. The van der Waals surface area contributed by atoms with Gasteiger partial charge >= 0.3 is 5.97 Å². The van der Waals surface area contributed by atoms with Crippen molar-refractivity contribution in [2.24, 2.45) is 0 Å². The molecule has 0 aromatic heterocycles. The smallest absolute Gasteiger partial charge is 0.359 e. The van der Waals surface area contributed by atoms with Gasteiger partial charge in [0, 0.05) is 0 Å². The molecule has 0 radical (unpaired) electrons. The van der Waals surface area contributed by atoms with Gasteiger partial charge in [0.05, 0.1) is 29.8 Å². The number of carbonyl (C=O) groups is 2. The highest BCUT2D eigenvalue weighted by molar-refractivity contribution is 7.88. The largest absolute Gasteiger partial charge is 0.463 e. The maximum absolute atomic E-state index is 11.5. The summed E-state index contributed by atoms with van der Waals surface area (Å²) < 4.78 is 21.2. The molecule has 1 unspecified atom stereocenters. The molecule has 0 spiro atoms. The number of hydrogen-bond donors (Lipinski definition) is 0. The fraction of sp³-hybridized carbons (Fsp3) is 0.750. The fourth-order valence-corrected chi connectivity index (χ4v) is 2.56. The van der Waals surface area contributed by atoms with Gasteiger partial charge in [-0.25, -0.2) is 4.79 Å². The fourth-order valence-electron chi connectivity index (χ4n) is 1.25. The summed E-state index contributed by atoms with van der Waals surface area (Å²) in [6.45, 7) is 3.07. The third-order valence-corrected chi connectivity index (χ3v) is 3.65. The Morgan fingerprint density at radius 2 is 2.21 bits per heavy atom. The van der Waals surface area contributed by atoms with Crippen molar-refractivity contribution in [2.45, 2.75) is 18.8 Å². The number of carbonyl (C=O) groups excluding carboxylic acids is 2. The van der Waals surface area contributed by atoms with Gasteiger partial charge < -0.3 is 9.47 Å². The molecular formula is C8H12O5S. The van der Waals surface area contributed by atoms with Gasteiger partial charge in [0.1, 0.15) is 0 Å². The number of ketones is 1. The van der Waals surface area contributed by atoms with Crippen LogP contribution in [-0.2, 0) is 29.9 Å². The van der Waals surface area contributed by atoms with Crippen molar-refractivity contribution in [2.75, 3.05) is 19.0 Å². The summed E-state index contributed by atoms with van der Waals surface area (Å²) in [7, 11) is -1.63. The van der Waals surface area contributed by atoms with E-state index in [1.807, 2.05) is 0 Å². The van der Waals surface area contributed by atoms with E-state index in [9.17, 15) is 13.8 Å². The number of ether oxygens (including phenoxy) is 2. The van der Waals surface area contributed by atoms with E-state index < -0.39 is 27.5 Å². The maximum atomic E-state index is 11.5. The Bertz CT molecular complexity index is 287. The summed E-state index contributed by atoms with van der Waals surface area (Å²) in [5.74, 6) is -1.21. The first kappa shape index (κ1) is 11.3. The lowest BCUT2D eigenvalue weighted by Crippen LogP contribution is -2.49. The molecule has 14 heavy (non-hydrogen) atoms. The lowest BCUT2D eigenvalue weighted by atomic mass is 10.2. The van der Waals surface area contributed by atoms with E-state index in [4.69, 9.17) is 4.74 Å². The summed E-state index contributed by atoms with van der Waals surface area (Å²) in [6, 6.07) is 0. The molecule has 0 aliphatic carbocycles. The number of hydrogen-bond acceptors (Lipinski definition) is 5. The van der Waals surface area contributed by atoms with Gasteiger partial charge in [0.25, 0.3) is 4.93 Å². The third kappa shape index (κ3) is 1.59. The van der Waals surface area contributed by atoms with Crippen molar-refractivity contribution >= 4 is 22.6 Å². The minimum Gasteiger partial charge on any atom is -0.463 e. The second-order valence-electron chi connectivity index (χ2n) is 2.79. The predicted molar refractivity (Wildman–Crippen MR) is 49.0 cm³/mol. The van der Waals surface area contributed by atoms with E-state index >= 15 is 0 Å². The minimum atomic E-state index is -1.87. The molecule has 2 atom stereocenters. The van der Waals surface area contributed by atoms with E-state index in [2.05, 4.69) is 4.74 Å². The van der Waals surface area contributed by atoms with E-state index in [1.54, 1.807) is 6.92 Å². The monoisotopic (exact) mass is 220 g/mol. The van der Waals surface area contributed by atoms with Crippen LogP contribution in [0.2, 0.25) is 0 Å². The molecular weight excluding hydrogens is 208 g/mol. The average Bonchev–Trinajstić information content (AvgIpc) is 2.48. The molecule has 80 valence electrons. The molecule has 0 aromatic rings. The summed E-state index contributed by atoms with van der Waals surface area (Å²) >= 11 is 0. The molecule has 1 aliphatic heterocycles. The zero-order chi connectivity index (χ0) is 10.8. The first-order valence-corrected chi connectivity index (χ1v) is 5.58. The highest BCUT2D eigenvalue weighted by atomic mass is 32.2. The van der Waals surface area contributed by atoms with Crippen LogP contribution < -0.4 is 0 Å². The molecule has 1 saturated heterocycles.